The second kappa shape index (κ2) is 7.85. The Kier molecular flexibility index (Phi) is 7.12. The van der Waals surface area contributed by atoms with Gasteiger partial charge in [0.2, 0.25) is 0 Å². The Morgan fingerprint density at radius 3 is 2.93 bits per heavy atom. The zero-order valence-corrected chi connectivity index (χ0v) is 10.8. The maximum absolute atomic E-state index is 5.60. The van der Waals surface area contributed by atoms with Crippen molar-refractivity contribution in [1.29, 1.82) is 0 Å². The Morgan fingerprint density at radius 2 is 2.36 bits per heavy atom. The number of hydrogen-bond donors (Lipinski definition) is 1. The first-order valence-corrected chi connectivity index (χ1v) is 7.53. The third-order valence-electron chi connectivity index (χ3n) is 2.31. The minimum Gasteiger partial charge on any atom is -0.380 e. The van der Waals surface area contributed by atoms with Gasteiger partial charge in [-0.2, -0.15) is 23.5 Å². The Balaban J connectivity index is 2.21. The van der Waals surface area contributed by atoms with Crippen LogP contribution in [0.4, 0.5) is 0 Å². The molecule has 1 aliphatic heterocycles. The van der Waals surface area contributed by atoms with Gasteiger partial charge >= 0.3 is 0 Å². The van der Waals surface area contributed by atoms with E-state index < -0.39 is 0 Å². The van der Waals surface area contributed by atoms with E-state index in [-0.39, 0.29) is 0 Å². The highest BCUT2D eigenvalue weighted by Gasteiger charge is 2.23. The van der Waals surface area contributed by atoms with E-state index in [1.165, 1.54) is 17.3 Å². The van der Waals surface area contributed by atoms with Crippen molar-refractivity contribution in [2.75, 3.05) is 37.5 Å². The number of nitrogens with one attached hydrogen (secondary N) is 1. The van der Waals surface area contributed by atoms with E-state index in [1.54, 1.807) is 0 Å². The molecule has 0 saturated carbocycles. The fourth-order valence-electron chi connectivity index (χ4n) is 1.47. The third-order valence-corrected chi connectivity index (χ3v) is 5.23. The van der Waals surface area contributed by atoms with Crippen LogP contribution in [0.3, 0.4) is 0 Å². The molecule has 0 aromatic carbocycles. The van der Waals surface area contributed by atoms with Crippen LogP contribution in [-0.2, 0) is 4.74 Å². The van der Waals surface area contributed by atoms with E-state index in [0.717, 1.165) is 24.9 Å². The maximum Gasteiger partial charge on any atom is 0.0630 e. The summed E-state index contributed by atoms with van der Waals surface area (Å²) >= 11 is 4.16. The Bertz CT molecular complexity index is 140. The third kappa shape index (κ3) is 4.43. The lowest BCUT2D eigenvalue weighted by atomic mass is 10.2. The number of thioether (sulfide) groups is 2. The molecule has 0 aromatic heterocycles. The first kappa shape index (κ1) is 12.7. The van der Waals surface area contributed by atoms with Crippen LogP contribution >= 0.6 is 23.5 Å². The highest BCUT2D eigenvalue weighted by atomic mass is 32.2. The molecule has 0 amide bonds. The lowest BCUT2D eigenvalue weighted by Gasteiger charge is -2.29. The van der Waals surface area contributed by atoms with Crippen molar-refractivity contribution in [3.63, 3.8) is 0 Å². The Labute approximate surface area is 95.9 Å². The summed E-state index contributed by atoms with van der Waals surface area (Å²) in [5.74, 6) is 3.88. The van der Waals surface area contributed by atoms with Crippen LogP contribution in [0.2, 0.25) is 0 Å². The number of rotatable bonds is 6. The maximum atomic E-state index is 5.60. The van der Waals surface area contributed by atoms with E-state index in [2.05, 4.69) is 35.8 Å². The fourth-order valence-corrected chi connectivity index (χ4v) is 4.38. The molecule has 0 aliphatic carbocycles. The van der Waals surface area contributed by atoms with E-state index in [1.807, 2.05) is 7.05 Å². The van der Waals surface area contributed by atoms with Gasteiger partial charge in [0.15, 0.2) is 0 Å². The molecule has 0 bridgehead atoms. The van der Waals surface area contributed by atoms with Gasteiger partial charge in [-0.3, -0.25) is 0 Å². The quantitative estimate of drug-likeness (QED) is 0.709. The van der Waals surface area contributed by atoms with Crippen LogP contribution in [0.5, 0.6) is 0 Å². The lowest BCUT2D eigenvalue weighted by molar-refractivity contribution is 0.114. The molecule has 1 saturated heterocycles. The van der Waals surface area contributed by atoms with Gasteiger partial charge in [0.1, 0.15) is 0 Å². The van der Waals surface area contributed by atoms with Crippen LogP contribution < -0.4 is 5.32 Å². The van der Waals surface area contributed by atoms with Crippen molar-refractivity contribution in [2.24, 2.45) is 0 Å². The normalized spacial score (nSPS) is 24.9. The van der Waals surface area contributed by atoms with Crippen LogP contribution in [0.1, 0.15) is 13.3 Å². The summed E-state index contributed by atoms with van der Waals surface area (Å²) in [5, 5.41) is 4.10. The zero-order chi connectivity index (χ0) is 10.2. The van der Waals surface area contributed by atoms with Gasteiger partial charge in [-0.25, -0.2) is 0 Å². The van der Waals surface area contributed by atoms with Crippen molar-refractivity contribution >= 4 is 23.5 Å². The number of likely N-dealkylation sites (N-methyl/N-ethyl adjacent to an activating group) is 1. The lowest BCUT2D eigenvalue weighted by Crippen LogP contribution is -2.42. The van der Waals surface area contributed by atoms with Gasteiger partial charge in [0.05, 0.1) is 6.61 Å². The van der Waals surface area contributed by atoms with Crippen molar-refractivity contribution in [3.8, 4) is 0 Å². The SMILES string of the molecule is CCCOCC(NC)C1CSCCS1. The summed E-state index contributed by atoms with van der Waals surface area (Å²) in [6.45, 7) is 3.91. The van der Waals surface area contributed by atoms with Crippen LogP contribution in [0.15, 0.2) is 0 Å². The molecule has 0 aromatic rings. The summed E-state index contributed by atoms with van der Waals surface area (Å²) in [6, 6.07) is 0.527. The molecule has 2 unspecified atom stereocenters. The molecular weight excluding hydrogens is 214 g/mol. The molecule has 84 valence electrons. The van der Waals surface area contributed by atoms with E-state index in [0.29, 0.717) is 6.04 Å². The molecule has 14 heavy (non-hydrogen) atoms. The van der Waals surface area contributed by atoms with Gasteiger partial charge in [-0.15, -0.1) is 0 Å². The second-order valence-corrected chi connectivity index (χ2v) is 5.95. The largest absolute Gasteiger partial charge is 0.380 e. The van der Waals surface area contributed by atoms with Crippen molar-refractivity contribution in [2.45, 2.75) is 24.6 Å². The summed E-state index contributed by atoms with van der Waals surface area (Å²) in [6.07, 6.45) is 1.11. The predicted molar refractivity (Wildman–Crippen MR) is 67.5 cm³/mol. The van der Waals surface area contributed by atoms with Gasteiger partial charge in [0, 0.05) is 35.2 Å². The highest BCUT2D eigenvalue weighted by molar-refractivity contribution is 8.06. The summed E-state index contributed by atoms with van der Waals surface area (Å²) in [5.41, 5.74) is 0. The molecular formula is C10H21NOS2. The zero-order valence-electron chi connectivity index (χ0n) is 9.12. The average molecular weight is 235 g/mol. The monoisotopic (exact) mass is 235 g/mol. The van der Waals surface area contributed by atoms with Gasteiger partial charge in [-0.1, -0.05) is 6.92 Å². The number of hydrogen-bond acceptors (Lipinski definition) is 4. The van der Waals surface area contributed by atoms with E-state index in [4.69, 9.17) is 4.74 Å². The highest BCUT2D eigenvalue weighted by Crippen LogP contribution is 2.26. The molecule has 2 atom stereocenters. The van der Waals surface area contributed by atoms with Crippen molar-refractivity contribution in [3.05, 3.63) is 0 Å². The number of ether oxygens (including phenoxy) is 1. The first-order chi connectivity index (χ1) is 6.88. The molecule has 0 spiro atoms. The fraction of sp³-hybridized carbons (Fsp3) is 1.00. The molecule has 2 nitrogen and oxygen atoms in total. The summed E-state index contributed by atoms with van der Waals surface area (Å²) in [4.78, 5) is 0. The molecule has 1 N–H and O–H groups in total. The minimum absolute atomic E-state index is 0.527. The molecule has 1 aliphatic rings. The van der Waals surface area contributed by atoms with Crippen LogP contribution in [-0.4, -0.2) is 48.8 Å². The van der Waals surface area contributed by atoms with Gasteiger partial charge in [-0.05, 0) is 13.5 Å². The first-order valence-electron chi connectivity index (χ1n) is 5.32. The van der Waals surface area contributed by atoms with Gasteiger partial charge in [0.25, 0.3) is 0 Å². The van der Waals surface area contributed by atoms with Crippen LogP contribution in [0.25, 0.3) is 0 Å². The topological polar surface area (TPSA) is 21.3 Å². The smallest absolute Gasteiger partial charge is 0.0630 e. The summed E-state index contributed by atoms with van der Waals surface area (Å²) in [7, 11) is 2.04. The molecule has 1 rings (SSSR count). The van der Waals surface area contributed by atoms with Gasteiger partial charge < -0.3 is 10.1 Å². The van der Waals surface area contributed by atoms with Crippen LogP contribution in [0, 0.1) is 0 Å². The average Bonchev–Trinajstić information content (AvgIpc) is 2.26. The van der Waals surface area contributed by atoms with E-state index >= 15 is 0 Å². The van der Waals surface area contributed by atoms with Crippen molar-refractivity contribution < 1.29 is 4.74 Å². The Hall–Kier alpha value is 0.620. The second-order valence-electron chi connectivity index (χ2n) is 3.45. The molecule has 0 radical (unpaired) electrons. The molecule has 4 heteroatoms. The van der Waals surface area contributed by atoms with Crippen molar-refractivity contribution in [1.82, 2.24) is 5.32 Å². The minimum atomic E-state index is 0.527. The predicted octanol–water partition coefficient (Wildman–Crippen LogP) is 1.85. The van der Waals surface area contributed by atoms with E-state index in [9.17, 15) is 0 Å². The Morgan fingerprint density at radius 1 is 1.50 bits per heavy atom. The molecule has 1 heterocycles. The standard InChI is InChI=1S/C10H21NOS2/c1-3-4-12-7-9(11-2)10-8-13-5-6-14-10/h9-11H,3-8H2,1-2H3. The summed E-state index contributed by atoms with van der Waals surface area (Å²) < 4.78 is 5.60. The molecule has 1 fully saturated rings.